The van der Waals surface area contributed by atoms with Gasteiger partial charge in [0.2, 0.25) is 20.0 Å². The maximum atomic E-state index is 13.2. The zero-order chi connectivity index (χ0) is 23.5. The van der Waals surface area contributed by atoms with E-state index < -0.39 is 20.0 Å². The third kappa shape index (κ3) is 5.37. The first-order valence-corrected chi connectivity index (χ1v) is 13.1. The highest BCUT2D eigenvalue weighted by Gasteiger charge is 2.24. The minimum Gasteiger partial charge on any atom is -0.239 e. The van der Waals surface area contributed by atoms with Crippen LogP contribution >= 0.6 is 0 Å². The van der Waals surface area contributed by atoms with Crippen LogP contribution in [0, 0.1) is 0 Å². The van der Waals surface area contributed by atoms with Crippen LogP contribution in [0.3, 0.4) is 0 Å². The lowest BCUT2D eigenvalue weighted by Crippen LogP contribution is -2.26. The predicted octanol–water partition coefficient (Wildman–Crippen LogP) is 2.71. The molecule has 0 aliphatic heterocycles. The van der Waals surface area contributed by atoms with E-state index in [1.807, 2.05) is 60.7 Å². The number of hydrogen-bond donors (Lipinski definition) is 2. The molecule has 0 spiro atoms. The van der Waals surface area contributed by atoms with Gasteiger partial charge in [0.1, 0.15) is 10.6 Å². The summed E-state index contributed by atoms with van der Waals surface area (Å²) in [5, 5.41) is 9.65. The standard InChI is InChI=1S/C23H22N4O4S2/c24-32(28,29)21-13-11-18(12-14-21)15-16-25-33(30,31)22-17-27(20-9-5-2-6-10-20)26-23(22)19-7-3-1-4-8-19/h1-14,17,25H,15-16H2,(H2,24,28,29). The summed E-state index contributed by atoms with van der Waals surface area (Å²) in [5.74, 6) is 0. The summed E-state index contributed by atoms with van der Waals surface area (Å²) in [5.41, 5.74) is 2.55. The fourth-order valence-corrected chi connectivity index (χ4v) is 5.01. The number of nitrogens with zero attached hydrogens (tertiary/aromatic N) is 2. The second kappa shape index (κ2) is 9.28. The molecule has 4 rings (SSSR count). The lowest BCUT2D eigenvalue weighted by Gasteiger charge is -2.07. The maximum Gasteiger partial charge on any atom is 0.244 e. The van der Waals surface area contributed by atoms with Crippen molar-refractivity contribution < 1.29 is 16.8 Å². The van der Waals surface area contributed by atoms with Gasteiger partial charge in [0.15, 0.2) is 0 Å². The van der Waals surface area contributed by atoms with E-state index in [9.17, 15) is 16.8 Å². The lowest BCUT2D eigenvalue weighted by molar-refractivity contribution is 0.582. The summed E-state index contributed by atoms with van der Waals surface area (Å²) < 4.78 is 53.3. The number of hydrogen-bond acceptors (Lipinski definition) is 5. The topological polar surface area (TPSA) is 124 Å². The van der Waals surface area contributed by atoms with Gasteiger partial charge in [0, 0.05) is 12.1 Å². The Balaban J connectivity index is 1.58. The first kappa shape index (κ1) is 22.9. The molecule has 0 aliphatic carbocycles. The molecule has 0 amide bonds. The molecule has 8 nitrogen and oxygen atoms in total. The first-order chi connectivity index (χ1) is 15.7. The molecule has 1 aromatic heterocycles. The second-order valence-corrected chi connectivity index (χ2v) is 10.6. The van der Waals surface area contributed by atoms with Crippen LogP contribution in [0.15, 0.2) is 101 Å². The summed E-state index contributed by atoms with van der Waals surface area (Å²) >= 11 is 0. The van der Waals surface area contributed by atoms with Gasteiger partial charge in [-0.3, -0.25) is 0 Å². The number of nitrogens with one attached hydrogen (secondary N) is 1. The molecule has 0 unspecified atom stereocenters. The van der Waals surface area contributed by atoms with Crippen LogP contribution in [0.1, 0.15) is 5.56 Å². The Bertz CT molecular complexity index is 1450. The minimum absolute atomic E-state index is 0.00709. The number of benzene rings is 3. The van der Waals surface area contributed by atoms with Crippen LogP contribution in [-0.2, 0) is 26.5 Å². The van der Waals surface area contributed by atoms with Crippen LogP contribution < -0.4 is 9.86 Å². The Hall–Kier alpha value is -3.31. The van der Waals surface area contributed by atoms with E-state index in [0.717, 1.165) is 11.3 Å². The maximum absolute atomic E-state index is 13.2. The molecule has 3 N–H and O–H groups in total. The predicted molar refractivity (Wildman–Crippen MR) is 126 cm³/mol. The summed E-state index contributed by atoms with van der Waals surface area (Å²) in [6, 6.07) is 24.4. The van der Waals surface area contributed by atoms with Crippen molar-refractivity contribution in [3.05, 3.63) is 96.7 Å². The Labute approximate surface area is 192 Å². The first-order valence-electron chi connectivity index (χ1n) is 10.1. The van der Waals surface area contributed by atoms with Gasteiger partial charge >= 0.3 is 0 Å². The Kier molecular flexibility index (Phi) is 6.43. The molecule has 0 radical (unpaired) electrons. The molecule has 170 valence electrons. The van der Waals surface area contributed by atoms with Gasteiger partial charge in [-0.25, -0.2) is 31.4 Å². The van der Waals surface area contributed by atoms with E-state index in [1.54, 1.807) is 16.8 Å². The second-order valence-electron chi connectivity index (χ2n) is 7.32. The zero-order valence-electron chi connectivity index (χ0n) is 17.5. The third-order valence-corrected chi connectivity index (χ3v) is 7.39. The lowest BCUT2D eigenvalue weighted by atomic mass is 10.2. The fraction of sp³-hybridized carbons (Fsp3) is 0.0870. The highest BCUT2D eigenvalue weighted by atomic mass is 32.2. The van der Waals surface area contributed by atoms with Gasteiger partial charge in [-0.1, -0.05) is 60.7 Å². The molecule has 33 heavy (non-hydrogen) atoms. The molecule has 1 heterocycles. The molecular formula is C23H22N4O4S2. The monoisotopic (exact) mass is 482 g/mol. The summed E-state index contributed by atoms with van der Waals surface area (Å²) in [6.45, 7) is 0.127. The van der Waals surface area contributed by atoms with Crippen molar-refractivity contribution in [2.45, 2.75) is 16.2 Å². The average Bonchev–Trinajstić information content (AvgIpc) is 3.27. The Morgan fingerprint density at radius 3 is 2.03 bits per heavy atom. The molecule has 0 aliphatic rings. The molecular weight excluding hydrogens is 460 g/mol. The Morgan fingerprint density at radius 1 is 0.818 bits per heavy atom. The van der Waals surface area contributed by atoms with Gasteiger partial charge in [-0.2, -0.15) is 5.10 Å². The van der Waals surface area contributed by atoms with E-state index in [0.29, 0.717) is 17.7 Å². The van der Waals surface area contributed by atoms with Crippen molar-refractivity contribution in [2.75, 3.05) is 6.54 Å². The molecule has 10 heteroatoms. The molecule has 0 bridgehead atoms. The average molecular weight is 483 g/mol. The van der Waals surface area contributed by atoms with Crippen molar-refractivity contribution in [2.24, 2.45) is 5.14 Å². The van der Waals surface area contributed by atoms with Crippen LogP contribution in [-0.4, -0.2) is 33.2 Å². The largest absolute Gasteiger partial charge is 0.244 e. The Morgan fingerprint density at radius 2 is 1.42 bits per heavy atom. The number of sulfonamides is 2. The number of primary sulfonamides is 1. The highest BCUT2D eigenvalue weighted by molar-refractivity contribution is 7.89. The van der Waals surface area contributed by atoms with E-state index in [-0.39, 0.29) is 16.3 Å². The van der Waals surface area contributed by atoms with E-state index in [1.165, 1.54) is 18.3 Å². The van der Waals surface area contributed by atoms with Gasteiger partial charge in [0.05, 0.1) is 16.8 Å². The number of rotatable bonds is 8. The number of para-hydroxylation sites is 1. The van der Waals surface area contributed by atoms with E-state index in [4.69, 9.17) is 5.14 Å². The molecule has 4 aromatic rings. The highest BCUT2D eigenvalue weighted by Crippen LogP contribution is 2.27. The minimum atomic E-state index is -3.88. The van der Waals surface area contributed by atoms with Gasteiger partial charge in [-0.15, -0.1) is 0 Å². The third-order valence-electron chi connectivity index (χ3n) is 5.00. The van der Waals surface area contributed by atoms with Gasteiger partial charge < -0.3 is 0 Å². The molecule has 0 saturated heterocycles. The van der Waals surface area contributed by atoms with Crippen LogP contribution in [0.4, 0.5) is 0 Å². The van der Waals surface area contributed by atoms with Crippen molar-refractivity contribution in [1.82, 2.24) is 14.5 Å². The van der Waals surface area contributed by atoms with Crippen LogP contribution in [0.5, 0.6) is 0 Å². The van der Waals surface area contributed by atoms with Crippen molar-refractivity contribution in [1.29, 1.82) is 0 Å². The summed E-state index contributed by atoms with van der Waals surface area (Å²) in [7, 11) is -7.65. The SMILES string of the molecule is NS(=O)(=O)c1ccc(CCNS(=O)(=O)c2cn(-c3ccccc3)nc2-c2ccccc2)cc1. The summed E-state index contributed by atoms with van der Waals surface area (Å²) in [4.78, 5) is 0.0785. The zero-order valence-corrected chi connectivity index (χ0v) is 19.1. The molecule has 0 saturated carbocycles. The van der Waals surface area contributed by atoms with Crippen LogP contribution in [0.25, 0.3) is 16.9 Å². The molecule has 0 fully saturated rings. The smallest absolute Gasteiger partial charge is 0.239 e. The molecule has 0 atom stereocenters. The molecule has 3 aromatic carbocycles. The van der Waals surface area contributed by atoms with E-state index in [2.05, 4.69) is 9.82 Å². The van der Waals surface area contributed by atoms with Gasteiger partial charge in [-0.05, 0) is 36.2 Å². The van der Waals surface area contributed by atoms with Crippen molar-refractivity contribution in [3.63, 3.8) is 0 Å². The van der Waals surface area contributed by atoms with Gasteiger partial charge in [0.25, 0.3) is 0 Å². The van der Waals surface area contributed by atoms with Crippen LogP contribution in [0.2, 0.25) is 0 Å². The normalized spacial score (nSPS) is 12.0. The summed E-state index contributed by atoms with van der Waals surface area (Å²) in [6.07, 6.45) is 1.87. The van der Waals surface area contributed by atoms with Crippen molar-refractivity contribution in [3.8, 4) is 16.9 Å². The van der Waals surface area contributed by atoms with Crippen molar-refractivity contribution >= 4 is 20.0 Å². The quantitative estimate of drug-likeness (QED) is 0.400. The number of aromatic nitrogens is 2. The van der Waals surface area contributed by atoms with E-state index >= 15 is 0 Å². The number of nitrogens with two attached hydrogens (primary N) is 1. The fourth-order valence-electron chi connectivity index (χ4n) is 3.32.